The van der Waals surface area contributed by atoms with Crippen molar-refractivity contribution in [3.05, 3.63) is 11.8 Å². The Morgan fingerprint density at radius 2 is 2.29 bits per heavy atom. The van der Waals surface area contributed by atoms with Crippen LogP contribution >= 0.6 is 0 Å². The molecule has 0 spiro atoms. The minimum atomic E-state index is -0.258. The maximum atomic E-state index is 11.6. The number of hydrogen-bond acceptors (Lipinski definition) is 3. The van der Waals surface area contributed by atoms with Crippen LogP contribution in [0.3, 0.4) is 0 Å². The first kappa shape index (κ1) is 11.2. The molecule has 1 aliphatic rings. The lowest BCUT2D eigenvalue weighted by Crippen LogP contribution is -2.25. The van der Waals surface area contributed by atoms with Crippen LogP contribution in [0, 0.1) is 0 Å². The van der Waals surface area contributed by atoms with Crippen molar-refractivity contribution >= 4 is 5.78 Å². The van der Waals surface area contributed by atoms with E-state index in [2.05, 4.69) is 0 Å². The van der Waals surface area contributed by atoms with Gasteiger partial charge in [0.05, 0.1) is 18.5 Å². The number of carbonyl (C=O) groups is 1. The molecule has 80 valence electrons. The zero-order valence-corrected chi connectivity index (χ0v) is 9.13. The quantitative estimate of drug-likeness (QED) is 0.696. The second-order valence-electron chi connectivity index (χ2n) is 4.44. The Balaban J connectivity index is 2.38. The third-order valence-electron chi connectivity index (χ3n) is 1.93. The van der Waals surface area contributed by atoms with Crippen LogP contribution < -0.4 is 0 Å². The van der Waals surface area contributed by atoms with E-state index in [0.29, 0.717) is 0 Å². The van der Waals surface area contributed by atoms with Crippen molar-refractivity contribution in [1.29, 1.82) is 0 Å². The molecule has 0 saturated heterocycles. The monoisotopic (exact) mass is 198 g/mol. The lowest BCUT2D eigenvalue weighted by molar-refractivity contribution is -0.125. The molecule has 3 nitrogen and oxygen atoms in total. The smallest absolute Gasteiger partial charge is 0.187 e. The molecular weight excluding hydrogens is 180 g/mol. The number of Topliss-reactive ketones (excluding diaryl/α,β-unsaturated/α-hetero) is 1. The number of rotatable bonds is 3. The Kier molecular flexibility index (Phi) is 3.69. The molecule has 0 aromatic heterocycles. The fourth-order valence-electron chi connectivity index (χ4n) is 1.14. The largest absolute Gasteiger partial charge is 0.501 e. The van der Waals surface area contributed by atoms with Crippen molar-refractivity contribution in [2.45, 2.75) is 39.2 Å². The predicted molar refractivity (Wildman–Crippen MR) is 54.0 cm³/mol. The van der Waals surface area contributed by atoms with Crippen molar-refractivity contribution in [3.8, 4) is 0 Å². The molecule has 0 aliphatic carbocycles. The molecule has 0 unspecified atom stereocenters. The maximum absolute atomic E-state index is 11.6. The molecule has 14 heavy (non-hydrogen) atoms. The Hall–Kier alpha value is -0.830. The number of hydrogen-bond donors (Lipinski definition) is 0. The van der Waals surface area contributed by atoms with Gasteiger partial charge in [0.2, 0.25) is 0 Å². The van der Waals surface area contributed by atoms with Gasteiger partial charge in [-0.25, -0.2) is 0 Å². The lowest BCUT2D eigenvalue weighted by Gasteiger charge is -2.20. The first-order valence-electron chi connectivity index (χ1n) is 4.97. The van der Waals surface area contributed by atoms with Crippen LogP contribution in [0.5, 0.6) is 0 Å². The molecule has 3 heteroatoms. The van der Waals surface area contributed by atoms with Gasteiger partial charge in [0, 0.05) is 5.57 Å². The Labute approximate surface area is 85.1 Å². The standard InChI is InChI=1S/C11H18O3/c1-11(2,3)14-8-10(12)9-5-4-6-13-7-9/h7H,4-6,8H2,1-3H3. The van der Waals surface area contributed by atoms with Crippen LogP contribution in [0.2, 0.25) is 0 Å². The third kappa shape index (κ3) is 3.92. The van der Waals surface area contributed by atoms with Gasteiger partial charge in [-0.15, -0.1) is 0 Å². The maximum Gasteiger partial charge on any atom is 0.187 e. The summed E-state index contributed by atoms with van der Waals surface area (Å²) >= 11 is 0. The van der Waals surface area contributed by atoms with Gasteiger partial charge in [-0.2, -0.15) is 0 Å². The molecule has 1 heterocycles. The average molecular weight is 198 g/mol. The molecule has 0 atom stereocenters. The van der Waals surface area contributed by atoms with E-state index in [1.807, 2.05) is 20.8 Å². The fraction of sp³-hybridized carbons (Fsp3) is 0.727. The van der Waals surface area contributed by atoms with Crippen LogP contribution in [0.15, 0.2) is 11.8 Å². The van der Waals surface area contributed by atoms with Crippen LogP contribution in [0.1, 0.15) is 33.6 Å². The van der Waals surface area contributed by atoms with Gasteiger partial charge in [-0.05, 0) is 33.6 Å². The van der Waals surface area contributed by atoms with Gasteiger partial charge in [-0.1, -0.05) is 0 Å². The van der Waals surface area contributed by atoms with Crippen molar-refractivity contribution in [3.63, 3.8) is 0 Å². The molecule has 0 radical (unpaired) electrons. The van der Waals surface area contributed by atoms with Crippen molar-refractivity contribution in [1.82, 2.24) is 0 Å². The van der Waals surface area contributed by atoms with Gasteiger partial charge in [0.1, 0.15) is 6.61 Å². The third-order valence-corrected chi connectivity index (χ3v) is 1.93. The van der Waals surface area contributed by atoms with Crippen molar-refractivity contribution < 1.29 is 14.3 Å². The number of ether oxygens (including phenoxy) is 2. The van der Waals surface area contributed by atoms with E-state index in [0.717, 1.165) is 25.0 Å². The molecular formula is C11H18O3. The summed E-state index contributed by atoms with van der Waals surface area (Å²) in [4.78, 5) is 11.6. The molecule has 0 N–H and O–H groups in total. The first-order valence-corrected chi connectivity index (χ1v) is 4.97. The van der Waals surface area contributed by atoms with E-state index in [4.69, 9.17) is 9.47 Å². The van der Waals surface area contributed by atoms with E-state index in [9.17, 15) is 4.79 Å². The molecule has 0 aromatic carbocycles. The highest BCUT2D eigenvalue weighted by Gasteiger charge is 2.17. The second kappa shape index (κ2) is 4.60. The molecule has 0 aromatic rings. The second-order valence-corrected chi connectivity index (χ2v) is 4.44. The van der Waals surface area contributed by atoms with Crippen LogP contribution in [0.25, 0.3) is 0 Å². The van der Waals surface area contributed by atoms with Gasteiger partial charge in [0.15, 0.2) is 5.78 Å². The van der Waals surface area contributed by atoms with Crippen molar-refractivity contribution in [2.24, 2.45) is 0 Å². The summed E-state index contributed by atoms with van der Waals surface area (Å²) in [7, 11) is 0. The summed E-state index contributed by atoms with van der Waals surface area (Å²) in [6, 6.07) is 0. The van der Waals surface area contributed by atoms with Crippen LogP contribution in [-0.4, -0.2) is 24.6 Å². The molecule has 1 aliphatic heterocycles. The van der Waals surface area contributed by atoms with Gasteiger partial charge in [0.25, 0.3) is 0 Å². The molecule has 1 rings (SSSR count). The Morgan fingerprint density at radius 1 is 1.57 bits per heavy atom. The minimum absolute atomic E-state index is 0.0413. The SMILES string of the molecule is CC(C)(C)OCC(=O)C1=COCCC1. The van der Waals surface area contributed by atoms with Gasteiger partial charge in [-0.3, -0.25) is 4.79 Å². The predicted octanol–water partition coefficient (Wildman–Crippen LogP) is 2.06. The number of carbonyl (C=O) groups excluding carboxylic acids is 1. The van der Waals surface area contributed by atoms with Crippen LogP contribution in [0.4, 0.5) is 0 Å². The van der Waals surface area contributed by atoms with E-state index >= 15 is 0 Å². The summed E-state index contributed by atoms with van der Waals surface area (Å²) in [5, 5.41) is 0. The highest BCUT2D eigenvalue weighted by Crippen LogP contribution is 2.14. The molecule has 0 bridgehead atoms. The van der Waals surface area contributed by atoms with E-state index in [1.54, 1.807) is 6.26 Å². The van der Waals surface area contributed by atoms with E-state index in [-0.39, 0.29) is 18.0 Å². The summed E-state index contributed by atoms with van der Waals surface area (Å²) in [5.74, 6) is 0.0413. The highest BCUT2D eigenvalue weighted by molar-refractivity contribution is 5.96. The summed E-state index contributed by atoms with van der Waals surface area (Å²) in [6.07, 6.45) is 3.30. The van der Waals surface area contributed by atoms with Crippen molar-refractivity contribution in [2.75, 3.05) is 13.2 Å². The van der Waals surface area contributed by atoms with Gasteiger partial charge < -0.3 is 9.47 Å². The minimum Gasteiger partial charge on any atom is -0.501 e. The highest BCUT2D eigenvalue weighted by atomic mass is 16.5. The summed E-state index contributed by atoms with van der Waals surface area (Å²) < 4.78 is 10.5. The Morgan fingerprint density at radius 3 is 2.79 bits per heavy atom. The van der Waals surface area contributed by atoms with Crippen LogP contribution in [-0.2, 0) is 14.3 Å². The van der Waals surface area contributed by atoms with E-state index in [1.165, 1.54) is 0 Å². The summed E-state index contributed by atoms with van der Waals surface area (Å²) in [6.45, 7) is 6.68. The number of ketones is 1. The molecule has 0 saturated carbocycles. The normalized spacial score (nSPS) is 17.2. The van der Waals surface area contributed by atoms with E-state index < -0.39 is 0 Å². The molecule has 0 fully saturated rings. The fourth-order valence-corrected chi connectivity index (χ4v) is 1.14. The van der Waals surface area contributed by atoms with Gasteiger partial charge >= 0.3 is 0 Å². The Bertz CT molecular complexity index is 235. The first-order chi connectivity index (χ1) is 6.49. The topological polar surface area (TPSA) is 35.5 Å². The average Bonchev–Trinajstić information content (AvgIpc) is 2.14. The molecule has 0 amide bonds. The zero-order chi connectivity index (χ0) is 10.6. The summed E-state index contributed by atoms with van der Waals surface area (Å²) in [5.41, 5.74) is 0.492. The lowest BCUT2D eigenvalue weighted by atomic mass is 10.1. The zero-order valence-electron chi connectivity index (χ0n) is 9.13.